The minimum absolute atomic E-state index is 0.204. The largest absolute Gasteiger partial charge is 0.394 e. The number of benzene rings is 1. The number of nitrogens with one attached hydrogen (secondary N) is 1. The third kappa shape index (κ3) is 5.62. The molecule has 0 amide bonds. The zero-order chi connectivity index (χ0) is 15.7. The van der Waals surface area contributed by atoms with Crippen LogP contribution < -0.4 is 16.8 Å². The highest BCUT2D eigenvalue weighted by Crippen LogP contribution is 2.14. The van der Waals surface area contributed by atoms with Crippen molar-refractivity contribution in [2.45, 2.75) is 20.3 Å². The molecule has 110 valence electrons. The smallest absolute Gasteiger partial charge is 0.245 e. The second-order valence-electron chi connectivity index (χ2n) is 3.83. The predicted octanol–water partition coefficient (Wildman–Crippen LogP) is 1.33. The number of allylic oxidation sites excluding steroid dienone is 1. The van der Waals surface area contributed by atoms with Gasteiger partial charge in [0.1, 0.15) is 5.82 Å². The van der Waals surface area contributed by atoms with Gasteiger partial charge in [-0.25, -0.2) is 4.39 Å². The van der Waals surface area contributed by atoms with Gasteiger partial charge in [0, 0.05) is 18.8 Å². The number of anilines is 1. The van der Waals surface area contributed by atoms with E-state index in [4.69, 9.17) is 5.73 Å². The molecule has 0 spiro atoms. The Kier molecular flexibility index (Phi) is 7.84. The molecule has 1 aromatic rings. The minimum atomic E-state index is -0.769. The van der Waals surface area contributed by atoms with Gasteiger partial charge in [0.15, 0.2) is 0 Å². The number of ketones is 2. The van der Waals surface area contributed by atoms with E-state index in [1.54, 1.807) is 6.07 Å². The first-order valence-electron chi connectivity index (χ1n) is 6.08. The quantitative estimate of drug-likeness (QED) is 0.558. The molecule has 0 bridgehead atoms. The number of nitrogens with two attached hydrogens (primary N) is 2. The van der Waals surface area contributed by atoms with Crippen LogP contribution in [0.5, 0.6) is 0 Å². The van der Waals surface area contributed by atoms with Gasteiger partial charge < -0.3 is 16.8 Å². The maximum Gasteiger partial charge on any atom is 0.245 e. The molecule has 0 aliphatic carbocycles. The first kappa shape index (κ1) is 17.8. The lowest BCUT2D eigenvalue weighted by atomic mass is 10.1. The Bertz CT molecular complexity index is 513. The van der Waals surface area contributed by atoms with Crippen molar-refractivity contribution >= 4 is 17.3 Å². The highest BCUT2D eigenvalue weighted by atomic mass is 19.1. The topological polar surface area (TPSA) is 98.2 Å². The van der Waals surface area contributed by atoms with Crippen LogP contribution in [-0.2, 0) is 16.0 Å². The van der Waals surface area contributed by atoms with Gasteiger partial charge in [-0.05, 0) is 37.2 Å². The number of hydrogen-bond donors (Lipinski definition) is 3. The van der Waals surface area contributed by atoms with Gasteiger partial charge in [-0.1, -0.05) is 6.92 Å². The van der Waals surface area contributed by atoms with Crippen LogP contribution in [0.2, 0.25) is 0 Å². The Hall–Kier alpha value is -2.21. The fraction of sp³-hybridized carbons (Fsp3) is 0.286. The third-order valence-electron chi connectivity index (χ3n) is 2.34. The van der Waals surface area contributed by atoms with Gasteiger partial charge in [0.2, 0.25) is 11.6 Å². The van der Waals surface area contributed by atoms with Gasteiger partial charge in [-0.2, -0.15) is 0 Å². The SMILES string of the molecule is CCc1cc(F)cc(N/C=C(\N)C(=O)C(C)=O)c1.CN. The molecular formula is C14H20FN3O2. The molecule has 1 rings (SSSR count). The molecule has 1 aromatic carbocycles. The van der Waals surface area contributed by atoms with Crippen molar-refractivity contribution in [3.63, 3.8) is 0 Å². The Morgan fingerprint density at radius 1 is 1.30 bits per heavy atom. The van der Waals surface area contributed by atoms with Crippen molar-refractivity contribution in [1.29, 1.82) is 0 Å². The van der Waals surface area contributed by atoms with E-state index in [0.29, 0.717) is 12.1 Å². The normalized spacial score (nSPS) is 10.3. The third-order valence-corrected chi connectivity index (χ3v) is 2.34. The van der Waals surface area contributed by atoms with E-state index >= 15 is 0 Å². The monoisotopic (exact) mass is 281 g/mol. The Morgan fingerprint density at radius 3 is 2.40 bits per heavy atom. The summed E-state index contributed by atoms with van der Waals surface area (Å²) in [6.45, 7) is 3.04. The maximum absolute atomic E-state index is 13.2. The highest BCUT2D eigenvalue weighted by Gasteiger charge is 2.10. The average Bonchev–Trinajstić information content (AvgIpc) is 2.45. The summed E-state index contributed by atoms with van der Waals surface area (Å²) in [4.78, 5) is 22.0. The fourth-order valence-corrected chi connectivity index (χ4v) is 1.37. The van der Waals surface area contributed by atoms with Gasteiger partial charge in [0.25, 0.3) is 0 Å². The first-order valence-corrected chi connectivity index (χ1v) is 6.08. The second kappa shape index (κ2) is 8.82. The summed E-state index contributed by atoms with van der Waals surface area (Å²) in [6.07, 6.45) is 1.88. The van der Waals surface area contributed by atoms with Gasteiger partial charge in [-0.3, -0.25) is 9.59 Å². The standard InChI is InChI=1S/C13H15FN2O2.CH5N/c1-3-9-4-10(14)6-11(5-9)16-7-12(15)13(18)8(2)17;1-2/h4-7,16H,3,15H2,1-2H3;2H2,1H3/b12-7-;. The summed E-state index contributed by atoms with van der Waals surface area (Å²) in [7, 11) is 1.50. The van der Waals surface area contributed by atoms with E-state index in [1.165, 1.54) is 25.4 Å². The van der Waals surface area contributed by atoms with Crippen molar-refractivity contribution in [3.8, 4) is 0 Å². The Morgan fingerprint density at radius 2 is 1.90 bits per heavy atom. The number of hydrogen-bond acceptors (Lipinski definition) is 5. The van der Waals surface area contributed by atoms with E-state index in [-0.39, 0.29) is 11.5 Å². The zero-order valence-corrected chi connectivity index (χ0v) is 11.9. The molecule has 0 aromatic heterocycles. The van der Waals surface area contributed by atoms with Crippen LogP contribution in [0.1, 0.15) is 19.4 Å². The van der Waals surface area contributed by atoms with Crippen LogP contribution in [0.3, 0.4) is 0 Å². The van der Waals surface area contributed by atoms with Gasteiger partial charge >= 0.3 is 0 Å². The number of halogens is 1. The van der Waals surface area contributed by atoms with Crippen LogP contribution in [0.4, 0.5) is 10.1 Å². The number of Topliss-reactive ketones (excluding diaryl/α,β-unsaturated/α-hetero) is 2. The molecular weight excluding hydrogens is 261 g/mol. The molecule has 0 aliphatic rings. The molecule has 20 heavy (non-hydrogen) atoms. The first-order chi connectivity index (χ1) is 9.43. The van der Waals surface area contributed by atoms with E-state index in [1.807, 2.05) is 6.92 Å². The Labute approximate surface area is 117 Å². The Balaban J connectivity index is 0.00000172. The van der Waals surface area contributed by atoms with Gasteiger partial charge in [-0.15, -0.1) is 0 Å². The van der Waals surface area contributed by atoms with Crippen molar-refractivity contribution in [3.05, 3.63) is 41.5 Å². The molecule has 5 nitrogen and oxygen atoms in total. The molecule has 0 unspecified atom stereocenters. The van der Waals surface area contributed by atoms with Crippen LogP contribution in [0.25, 0.3) is 0 Å². The summed E-state index contributed by atoms with van der Waals surface area (Å²) in [5.41, 5.74) is 11.0. The summed E-state index contributed by atoms with van der Waals surface area (Å²) in [5.74, 6) is -1.78. The van der Waals surface area contributed by atoms with Crippen LogP contribution in [-0.4, -0.2) is 18.6 Å². The zero-order valence-electron chi connectivity index (χ0n) is 11.9. The lowest BCUT2D eigenvalue weighted by molar-refractivity contribution is -0.133. The molecule has 0 saturated heterocycles. The molecule has 0 radical (unpaired) electrons. The summed E-state index contributed by atoms with van der Waals surface area (Å²) >= 11 is 0. The van der Waals surface area contributed by atoms with Crippen LogP contribution >= 0.6 is 0 Å². The van der Waals surface area contributed by atoms with E-state index < -0.39 is 11.6 Å². The average molecular weight is 281 g/mol. The number of aryl methyl sites for hydroxylation is 1. The number of carbonyl (C=O) groups excluding carboxylic acids is 2. The van der Waals surface area contributed by atoms with E-state index in [9.17, 15) is 14.0 Å². The molecule has 0 saturated carbocycles. The van der Waals surface area contributed by atoms with Crippen molar-refractivity contribution in [2.75, 3.05) is 12.4 Å². The van der Waals surface area contributed by atoms with Crippen molar-refractivity contribution in [2.24, 2.45) is 11.5 Å². The van der Waals surface area contributed by atoms with Crippen LogP contribution in [0.15, 0.2) is 30.1 Å². The van der Waals surface area contributed by atoms with Gasteiger partial charge in [0.05, 0.1) is 5.70 Å². The number of carbonyl (C=O) groups is 2. The molecule has 6 heteroatoms. The predicted molar refractivity (Wildman–Crippen MR) is 77.5 cm³/mol. The molecule has 0 fully saturated rings. The lowest BCUT2D eigenvalue weighted by Crippen LogP contribution is -2.19. The van der Waals surface area contributed by atoms with E-state index in [2.05, 4.69) is 11.1 Å². The lowest BCUT2D eigenvalue weighted by Gasteiger charge is -2.05. The molecule has 5 N–H and O–H groups in total. The van der Waals surface area contributed by atoms with Crippen molar-refractivity contribution in [1.82, 2.24) is 0 Å². The highest BCUT2D eigenvalue weighted by molar-refractivity contribution is 6.42. The van der Waals surface area contributed by atoms with E-state index in [0.717, 1.165) is 12.5 Å². The summed E-state index contributed by atoms with van der Waals surface area (Å²) in [5, 5.41) is 2.70. The molecule has 0 heterocycles. The molecule has 0 atom stereocenters. The minimum Gasteiger partial charge on any atom is -0.394 e. The number of rotatable bonds is 5. The fourth-order valence-electron chi connectivity index (χ4n) is 1.37. The second-order valence-corrected chi connectivity index (χ2v) is 3.83. The summed E-state index contributed by atoms with van der Waals surface area (Å²) in [6, 6.07) is 4.45. The van der Waals surface area contributed by atoms with Crippen molar-refractivity contribution < 1.29 is 14.0 Å². The summed E-state index contributed by atoms with van der Waals surface area (Å²) < 4.78 is 13.2. The molecule has 0 aliphatic heterocycles. The van der Waals surface area contributed by atoms with Crippen LogP contribution in [0, 0.1) is 5.82 Å². The maximum atomic E-state index is 13.2.